The van der Waals surface area contributed by atoms with E-state index in [0.717, 1.165) is 11.1 Å². The van der Waals surface area contributed by atoms with Gasteiger partial charge >= 0.3 is 6.09 Å². The van der Waals surface area contributed by atoms with Gasteiger partial charge in [0.15, 0.2) is 0 Å². The number of β-lactam (4-membered cyclic amide) rings is 1. The maximum atomic E-state index is 13.4. The largest absolute Gasteiger partial charge is 0.415 e. The number of likely N-dealkylation sites (tertiary alicyclic amines) is 1. The Bertz CT molecular complexity index is 995. The van der Waals surface area contributed by atoms with Gasteiger partial charge in [-0.1, -0.05) is 81.7 Å². The van der Waals surface area contributed by atoms with Crippen LogP contribution < -0.4 is 4.74 Å². The highest BCUT2D eigenvalue weighted by atomic mass is 28.4. The number of amides is 2. The van der Waals surface area contributed by atoms with E-state index in [1.54, 1.807) is 19.2 Å². The van der Waals surface area contributed by atoms with Gasteiger partial charge in [0.1, 0.15) is 11.8 Å². The molecule has 1 aliphatic heterocycles. The predicted molar refractivity (Wildman–Crippen MR) is 141 cm³/mol. The molecule has 0 unspecified atom stereocenters. The van der Waals surface area contributed by atoms with Crippen molar-refractivity contribution >= 4 is 28.1 Å². The predicted octanol–water partition coefficient (Wildman–Crippen LogP) is 5.90. The van der Waals surface area contributed by atoms with E-state index in [1.165, 1.54) is 4.90 Å². The molecule has 1 saturated heterocycles. The van der Waals surface area contributed by atoms with Crippen molar-refractivity contribution in [2.75, 3.05) is 7.05 Å². The highest BCUT2D eigenvalue weighted by Gasteiger charge is 2.62. The molecular formula is C26H38N2O3Si2. The molecule has 1 atom stereocenters. The van der Waals surface area contributed by atoms with E-state index in [1.807, 2.05) is 42.5 Å². The van der Waals surface area contributed by atoms with Gasteiger partial charge in [-0.3, -0.25) is 9.69 Å². The Balaban J connectivity index is 1.74. The molecule has 5 nitrogen and oxygen atoms in total. The average molecular weight is 483 g/mol. The van der Waals surface area contributed by atoms with E-state index in [9.17, 15) is 9.59 Å². The molecule has 2 aromatic carbocycles. The minimum atomic E-state index is -1.64. The fourth-order valence-electron chi connectivity index (χ4n) is 5.58. The number of carbonyl (C=O) groups is 2. The molecule has 2 aromatic rings. The Morgan fingerprint density at radius 3 is 1.85 bits per heavy atom. The van der Waals surface area contributed by atoms with Gasteiger partial charge in [0.25, 0.3) is 0 Å². The number of ether oxygens (including phenoxy) is 1. The Labute approximate surface area is 200 Å². The van der Waals surface area contributed by atoms with Crippen LogP contribution in [-0.4, -0.2) is 61.9 Å². The lowest BCUT2D eigenvalue weighted by Gasteiger charge is -2.63. The van der Waals surface area contributed by atoms with Crippen LogP contribution in [0, 0.1) is 0 Å². The molecule has 0 saturated carbocycles. The molecule has 1 heterocycles. The van der Waals surface area contributed by atoms with Crippen LogP contribution in [-0.2, 0) is 4.79 Å². The van der Waals surface area contributed by atoms with Crippen molar-refractivity contribution in [3.63, 3.8) is 0 Å². The molecule has 0 aliphatic carbocycles. The van der Waals surface area contributed by atoms with Crippen LogP contribution in [0.1, 0.15) is 13.8 Å². The summed E-state index contributed by atoms with van der Waals surface area (Å²) in [6.07, 6.45) is -0.508. The Kier molecular flexibility index (Phi) is 6.70. The molecule has 1 fully saturated rings. The molecule has 0 aromatic heterocycles. The van der Waals surface area contributed by atoms with E-state index in [4.69, 9.17) is 4.74 Å². The van der Waals surface area contributed by atoms with Gasteiger partial charge in [0, 0.05) is 12.3 Å². The normalized spacial score (nSPS) is 18.2. The maximum Gasteiger partial charge on any atom is 0.415 e. The molecule has 0 spiro atoms. The van der Waals surface area contributed by atoms with Crippen molar-refractivity contribution in [1.29, 1.82) is 0 Å². The highest BCUT2D eigenvalue weighted by Crippen LogP contribution is 2.42. The topological polar surface area (TPSA) is 49.9 Å². The van der Waals surface area contributed by atoms with E-state index in [-0.39, 0.29) is 5.91 Å². The molecule has 3 rings (SSSR count). The highest BCUT2D eigenvalue weighted by molar-refractivity contribution is 6.96. The first-order valence-corrected chi connectivity index (χ1v) is 18.7. The third-order valence-corrected chi connectivity index (χ3v) is 15.5. The summed E-state index contributed by atoms with van der Waals surface area (Å²) in [5.41, 5.74) is 1.72. The summed E-state index contributed by atoms with van der Waals surface area (Å²) in [5, 5.41) is 0.304. The monoisotopic (exact) mass is 482 g/mol. The second-order valence-electron chi connectivity index (χ2n) is 11.8. The first-order chi connectivity index (χ1) is 15.2. The quantitative estimate of drug-likeness (QED) is 0.381. The molecule has 33 heavy (non-hydrogen) atoms. The summed E-state index contributed by atoms with van der Waals surface area (Å²) in [6, 6.07) is 17.0. The number of carbonyl (C=O) groups excluding carboxylic acids is 2. The van der Waals surface area contributed by atoms with Crippen LogP contribution >= 0.6 is 0 Å². The van der Waals surface area contributed by atoms with Gasteiger partial charge in [0.05, 0.1) is 21.7 Å². The van der Waals surface area contributed by atoms with Gasteiger partial charge in [-0.25, -0.2) is 4.79 Å². The second kappa shape index (κ2) is 8.76. The molecule has 178 valence electrons. The van der Waals surface area contributed by atoms with Crippen LogP contribution in [0.3, 0.4) is 0 Å². The first kappa shape index (κ1) is 25.2. The molecule has 1 aliphatic rings. The lowest BCUT2D eigenvalue weighted by molar-refractivity contribution is -0.167. The smallest absolute Gasteiger partial charge is 0.410 e. The third-order valence-electron chi connectivity index (χ3n) is 6.50. The standard InChI is InChI=1S/C26H38N2O3Si2/c1-26(2)22(23(29)28(26)25(32(4,5)6)33(7,8)9)27(3)24(30)31-21-17-15-20(16-18-21)19-13-11-10-12-14-19/h10-18,22,25H,1-9H3/t22-/m1/s1. The number of likely N-dealkylation sites (N-methyl/N-ethyl adjacent to an activating group) is 1. The van der Waals surface area contributed by atoms with Crippen LogP contribution in [0.4, 0.5) is 4.79 Å². The number of benzene rings is 2. The summed E-state index contributed by atoms with van der Waals surface area (Å²) >= 11 is 0. The van der Waals surface area contributed by atoms with Crippen molar-refractivity contribution < 1.29 is 14.3 Å². The number of hydrogen-bond acceptors (Lipinski definition) is 3. The van der Waals surface area contributed by atoms with Crippen LogP contribution in [0.15, 0.2) is 54.6 Å². The number of hydrogen-bond donors (Lipinski definition) is 0. The van der Waals surface area contributed by atoms with Gasteiger partial charge in [-0.2, -0.15) is 0 Å². The summed E-state index contributed by atoms with van der Waals surface area (Å²) in [6.45, 7) is 18.2. The minimum Gasteiger partial charge on any atom is -0.410 e. The van der Waals surface area contributed by atoms with Crippen molar-refractivity contribution in [3.05, 3.63) is 54.6 Å². The Morgan fingerprint density at radius 1 is 0.909 bits per heavy atom. The summed E-state index contributed by atoms with van der Waals surface area (Å²) in [5.74, 6) is 0.503. The van der Waals surface area contributed by atoms with Crippen LogP contribution in [0.2, 0.25) is 39.3 Å². The van der Waals surface area contributed by atoms with Gasteiger partial charge in [0.2, 0.25) is 5.91 Å². The van der Waals surface area contributed by atoms with Gasteiger partial charge in [-0.15, -0.1) is 0 Å². The van der Waals surface area contributed by atoms with E-state index < -0.39 is 33.8 Å². The summed E-state index contributed by atoms with van der Waals surface area (Å²) < 4.78 is 5.63. The molecule has 0 bridgehead atoms. The molecule has 0 radical (unpaired) electrons. The molecule has 7 heteroatoms. The zero-order chi connectivity index (χ0) is 24.8. The molecule has 2 amide bonds. The third kappa shape index (κ3) is 4.94. The van der Waals surface area contributed by atoms with Crippen molar-refractivity contribution in [2.24, 2.45) is 0 Å². The zero-order valence-corrected chi connectivity index (χ0v) is 23.5. The maximum absolute atomic E-state index is 13.4. The fraction of sp³-hybridized carbons (Fsp3) is 0.462. The zero-order valence-electron chi connectivity index (χ0n) is 21.5. The van der Waals surface area contributed by atoms with Crippen LogP contribution in [0.5, 0.6) is 5.75 Å². The van der Waals surface area contributed by atoms with Crippen LogP contribution in [0.25, 0.3) is 11.1 Å². The van der Waals surface area contributed by atoms with Crippen molar-refractivity contribution in [3.8, 4) is 16.9 Å². The second-order valence-corrected chi connectivity index (χ2v) is 22.9. The Morgan fingerprint density at radius 2 is 1.39 bits per heavy atom. The van der Waals surface area contributed by atoms with E-state index >= 15 is 0 Å². The van der Waals surface area contributed by atoms with Gasteiger partial charge in [-0.05, 0) is 37.1 Å². The lowest BCUT2D eigenvalue weighted by Crippen LogP contribution is -2.84. The summed E-state index contributed by atoms with van der Waals surface area (Å²) in [4.78, 5) is 29.9. The SMILES string of the molecule is CN(C(=O)Oc1ccc(-c2ccccc2)cc1)[C@@H]1C(=O)N(C([Si](C)(C)C)[Si](C)(C)C)C1(C)C. The molecule has 0 N–H and O–H groups in total. The lowest BCUT2D eigenvalue weighted by atomic mass is 9.82. The number of rotatable bonds is 6. The minimum absolute atomic E-state index is 0.0359. The number of nitrogens with zero attached hydrogens (tertiary/aromatic N) is 2. The van der Waals surface area contributed by atoms with Crippen molar-refractivity contribution in [1.82, 2.24) is 9.80 Å². The van der Waals surface area contributed by atoms with Gasteiger partial charge < -0.3 is 9.64 Å². The molecular weight excluding hydrogens is 444 g/mol. The van der Waals surface area contributed by atoms with E-state index in [0.29, 0.717) is 11.0 Å². The van der Waals surface area contributed by atoms with E-state index in [2.05, 4.69) is 58.0 Å². The summed E-state index contributed by atoms with van der Waals surface area (Å²) in [7, 11) is -1.61. The fourth-order valence-corrected chi connectivity index (χ4v) is 18.4. The van der Waals surface area contributed by atoms with Crippen molar-refractivity contribution in [2.45, 2.75) is 70.0 Å². The Hall–Kier alpha value is -2.39. The average Bonchev–Trinajstić information content (AvgIpc) is 2.71. The first-order valence-electron chi connectivity index (χ1n) is 11.6.